The molecule has 2 fully saturated rings. The van der Waals surface area contributed by atoms with Gasteiger partial charge in [-0.3, -0.25) is 9.59 Å². The van der Waals surface area contributed by atoms with Crippen LogP contribution in [0.25, 0.3) is 0 Å². The van der Waals surface area contributed by atoms with Gasteiger partial charge in [0.1, 0.15) is 0 Å². The lowest BCUT2D eigenvalue weighted by Gasteiger charge is -2.52. The van der Waals surface area contributed by atoms with E-state index in [0.717, 1.165) is 48.9 Å². The van der Waals surface area contributed by atoms with Crippen molar-refractivity contribution >= 4 is 11.8 Å². The largest absolute Gasteiger partial charge is 0.336 e. The van der Waals surface area contributed by atoms with Gasteiger partial charge in [-0.1, -0.05) is 23.3 Å². The van der Waals surface area contributed by atoms with E-state index in [1.54, 1.807) is 6.08 Å². The van der Waals surface area contributed by atoms with Crippen LogP contribution >= 0.6 is 0 Å². The Hall–Kier alpha value is -2.10. The van der Waals surface area contributed by atoms with Crippen molar-refractivity contribution < 1.29 is 9.59 Å². The molecular weight excluding hydrogens is 312 g/mol. The Bertz CT molecular complexity index is 673. The van der Waals surface area contributed by atoms with E-state index < -0.39 is 0 Å². The zero-order valence-corrected chi connectivity index (χ0v) is 15.4. The summed E-state index contributed by atoms with van der Waals surface area (Å²) in [6.07, 6.45) is 6.22. The van der Waals surface area contributed by atoms with E-state index in [0.29, 0.717) is 19.5 Å². The first-order valence-corrected chi connectivity index (χ1v) is 9.24. The van der Waals surface area contributed by atoms with Crippen LogP contribution in [0.5, 0.6) is 0 Å². The fourth-order valence-corrected chi connectivity index (χ4v) is 4.52. The van der Waals surface area contributed by atoms with E-state index in [-0.39, 0.29) is 17.4 Å². The van der Waals surface area contributed by atoms with Gasteiger partial charge in [-0.05, 0) is 51.7 Å². The zero-order chi connectivity index (χ0) is 18.0. The predicted molar refractivity (Wildman–Crippen MR) is 99.5 cm³/mol. The minimum Gasteiger partial charge on any atom is -0.336 e. The summed E-state index contributed by atoms with van der Waals surface area (Å²) in [6.45, 7) is 9.83. The summed E-state index contributed by atoms with van der Waals surface area (Å²) in [7, 11) is 0. The highest BCUT2D eigenvalue weighted by atomic mass is 16.2. The molecule has 0 N–H and O–H groups in total. The molecule has 1 atom stereocenters. The molecule has 4 nitrogen and oxygen atoms in total. The molecule has 2 aliphatic rings. The normalized spacial score (nSPS) is 23.8. The number of rotatable bonds is 3. The molecule has 0 aromatic heterocycles. The number of amides is 2. The number of benzene rings is 1. The van der Waals surface area contributed by atoms with Gasteiger partial charge in [0.25, 0.3) is 5.91 Å². The van der Waals surface area contributed by atoms with Crippen molar-refractivity contribution in [1.82, 2.24) is 9.80 Å². The van der Waals surface area contributed by atoms with Crippen molar-refractivity contribution in [3.63, 3.8) is 0 Å². The Kier molecular flexibility index (Phi) is 4.98. The maximum atomic E-state index is 13.1. The highest BCUT2D eigenvalue weighted by Crippen LogP contribution is 2.37. The molecule has 2 heterocycles. The molecule has 0 radical (unpaired) electrons. The summed E-state index contributed by atoms with van der Waals surface area (Å²) in [5.41, 5.74) is 2.76. The third-order valence-electron chi connectivity index (χ3n) is 5.53. The predicted octanol–water partition coefficient (Wildman–Crippen LogP) is 3.48. The molecule has 1 aromatic rings. The molecule has 0 bridgehead atoms. The minimum absolute atomic E-state index is 0.0856. The van der Waals surface area contributed by atoms with Gasteiger partial charge in [-0.25, -0.2) is 0 Å². The lowest BCUT2D eigenvalue weighted by Crippen LogP contribution is -2.63. The van der Waals surface area contributed by atoms with E-state index in [4.69, 9.17) is 0 Å². The molecule has 1 aromatic carbocycles. The summed E-state index contributed by atoms with van der Waals surface area (Å²) >= 11 is 0. The van der Waals surface area contributed by atoms with Gasteiger partial charge in [0.05, 0.1) is 5.54 Å². The van der Waals surface area contributed by atoms with Crippen molar-refractivity contribution in [2.75, 3.05) is 19.6 Å². The number of likely N-dealkylation sites (tertiary alicyclic amines) is 2. The van der Waals surface area contributed by atoms with Gasteiger partial charge >= 0.3 is 0 Å². The minimum atomic E-state index is -0.212. The van der Waals surface area contributed by atoms with Crippen LogP contribution in [0.3, 0.4) is 0 Å². The van der Waals surface area contributed by atoms with Crippen LogP contribution in [0.15, 0.2) is 30.9 Å². The van der Waals surface area contributed by atoms with Crippen LogP contribution < -0.4 is 0 Å². The van der Waals surface area contributed by atoms with Crippen molar-refractivity contribution in [2.24, 2.45) is 0 Å². The standard InChI is InChI=1S/C21H28N2O2/c1-4-10-23-19(24)7-5-8-21(23)9-6-11-22(15-21)20(25)18-13-16(2)12-17(3)14-18/h4,12-14H,1,5-11,15H2,2-3H3/t21-/m0/s1. The van der Waals surface area contributed by atoms with E-state index >= 15 is 0 Å². The third kappa shape index (κ3) is 3.48. The Morgan fingerprint density at radius 3 is 2.56 bits per heavy atom. The van der Waals surface area contributed by atoms with Crippen molar-refractivity contribution in [3.8, 4) is 0 Å². The summed E-state index contributed by atoms with van der Waals surface area (Å²) in [5.74, 6) is 0.286. The average Bonchev–Trinajstić information content (AvgIpc) is 2.57. The van der Waals surface area contributed by atoms with Crippen LogP contribution in [0, 0.1) is 13.8 Å². The van der Waals surface area contributed by atoms with Gasteiger partial charge in [0, 0.05) is 31.6 Å². The molecule has 0 aliphatic carbocycles. The van der Waals surface area contributed by atoms with E-state index in [2.05, 4.69) is 12.6 Å². The highest BCUT2D eigenvalue weighted by Gasteiger charge is 2.45. The topological polar surface area (TPSA) is 40.6 Å². The number of hydrogen-bond donors (Lipinski definition) is 0. The second-order valence-corrected chi connectivity index (χ2v) is 7.58. The SMILES string of the molecule is C=CCN1C(=O)CCC[C@@]12CCCN(C(=O)c1cc(C)cc(C)c1)C2. The second-order valence-electron chi connectivity index (χ2n) is 7.58. The first kappa shape index (κ1) is 17.7. The van der Waals surface area contributed by atoms with Gasteiger partial charge in [0.2, 0.25) is 5.91 Å². The van der Waals surface area contributed by atoms with Crippen LogP contribution in [0.4, 0.5) is 0 Å². The van der Waals surface area contributed by atoms with Gasteiger partial charge in [0.15, 0.2) is 0 Å². The van der Waals surface area contributed by atoms with Crippen LogP contribution in [-0.4, -0.2) is 46.8 Å². The molecule has 0 unspecified atom stereocenters. The Labute approximate surface area is 150 Å². The summed E-state index contributed by atoms with van der Waals surface area (Å²) < 4.78 is 0. The molecule has 25 heavy (non-hydrogen) atoms. The molecule has 4 heteroatoms. The molecule has 0 saturated carbocycles. The fourth-order valence-electron chi connectivity index (χ4n) is 4.52. The maximum Gasteiger partial charge on any atom is 0.253 e. The molecular formula is C21H28N2O2. The number of carbonyl (C=O) groups excluding carboxylic acids is 2. The number of piperidine rings is 2. The van der Waals surface area contributed by atoms with Gasteiger partial charge < -0.3 is 9.80 Å². The molecule has 1 spiro atoms. The van der Waals surface area contributed by atoms with E-state index in [1.807, 2.05) is 35.8 Å². The van der Waals surface area contributed by atoms with Crippen molar-refractivity contribution in [2.45, 2.75) is 51.5 Å². The fraction of sp³-hybridized carbons (Fsp3) is 0.524. The van der Waals surface area contributed by atoms with Gasteiger partial charge in [-0.2, -0.15) is 0 Å². The summed E-state index contributed by atoms with van der Waals surface area (Å²) in [4.78, 5) is 29.5. The Balaban J connectivity index is 1.85. The Morgan fingerprint density at radius 1 is 1.20 bits per heavy atom. The van der Waals surface area contributed by atoms with Crippen LogP contribution in [0.2, 0.25) is 0 Å². The number of nitrogens with zero attached hydrogens (tertiary/aromatic N) is 2. The van der Waals surface area contributed by atoms with E-state index in [1.165, 1.54) is 0 Å². The van der Waals surface area contributed by atoms with Crippen LogP contribution in [-0.2, 0) is 4.79 Å². The van der Waals surface area contributed by atoms with Gasteiger partial charge in [-0.15, -0.1) is 6.58 Å². The zero-order valence-electron chi connectivity index (χ0n) is 15.4. The average molecular weight is 340 g/mol. The molecule has 2 saturated heterocycles. The molecule has 2 amide bonds. The monoisotopic (exact) mass is 340 g/mol. The summed E-state index contributed by atoms with van der Waals surface area (Å²) in [6, 6.07) is 6.01. The van der Waals surface area contributed by atoms with Crippen molar-refractivity contribution in [3.05, 3.63) is 47.5 Å². The van der Waals surface area contributed by atoms with Crippen molar-refractivity contribution in [1.29, 1.82) is 0 Å². The summed E-state index contributed by atoms with van der Waals surface area (Å²) in [5, 5.41) is 0. The first-order chi connectivity index (χ1) is 11.9. The second kappa shape index (κ2) is 7.03. The smallest absolute Gasteiger partial charge is 0.253 e. The number of carbonyl (C=O) groups is 2. The lowest BCUT2D eigenvalue weighted by molar-refractivity contribution is -0.143. The van der Waals surface area contributed by atoms with E-state index in [9.17, 15) is 9.59 Å². The number of aryl methyl sites for hydroxylation is 2. The molecule has 134 valence electrons. The van der Waals surface area contributed by atoms with Crippen LogP contribution in [0.1, 0.15) is 53.6 Å². The Morgan fingerprint density at radius 2 is 1.88 bits per heavy atom. The lowest BCUT2D eigenvalue weighted by atomic mass is 9.79. The molecule has 3 rings (SSSR count). The maximum absolute atomic E-state index is 13.1. The quantitative estimate of drug-likeness (QED) is 0.791. The third-order valence-corrected chi connectivity index (χ3v) is 5.53. The first-order valence-electron chi connectivity index (χ1n) is 9.24. The molecule has 2 aliphatic heterocycles. The number of hydrogen-bond acceptors (Lipinski definition) is 2. The highest BCUT2D eigenvalue weighted by molar-refractivity contribution is 5.95.